The van der Waals surface area contributed by atoms with E-state index < -0.39 is 0 Å². The second kappa shape index (κ2) is 11.2. The maximum atomic E-state index is 13.4. The smallest absolute Gasteiger partial charge is 0.278 e. The number of carbonyl (C=O) groups is 1. The van der Waals surface area contributed by atoms with Gasteiger partial charge in [-0.15, -0.1) is 11.3 Å². The molecule has 2 fully saturated rings. The van der Waals surface area contributed by atoms with Crippen molar-refractivity contribution in [3.8, 4) is 11.4 Å². The van der Waals surface area contributed by atoms with Crippen LogP contribution in [0.25, 0.3) is 11.4 Å². The van der Waals surface area contributed by atoms with E-state index in [1.165, 1.54) is 49.9 Å². The normalized spacial score (nSPS) is 20.1. The molecule has 3 N–H and O–H groups in total. The number of fused-ring (bicyclic) bond motifs is 3. The van der Waals surface area contributed by atoms with Crippen LogP contribution < -0.4 is 11.1 Å². The number of hydrogen-bond donors (Lipinski definition) is 2. The number of hydrogen-bond acceptors (Lipinski definition) is 9. The molecule has 0 spiro atoms. The van der Waals surface area contributed by atoms with E-state index >= 15 is 0 Å². The molecule has 2 aliphatic carbocycles. The van der Waals surface area contributed by atoms with Gasteiger partial charge >= 0.3 is 0 Å². The molecule has 0 radical (unpaired) electrons. The molecule has 10 nitrogen and oxygen atoms in total. The van der Waals surface area contributed by atoms with Crippen molar-refractivity contribution < 1.29 is 9.53 Å². The zero-order chi connectivity index (χ0) is 27.9. The molecule has 6 rings (SSSR count). The molecular formula is C29H40N8O2S. The van der Waals surface area contributed by atoms with Crippen molar-refractivity contribution in [2.75, 3.05) is 24.1 Å². The van der Waals surface area contributed by atoms with Gasteiger partial charge in [-0.3, -0.25) is 14.8 Å². The first kappa shape index (κ1) is 27.3. The number of aryl methyl sites for hydroxylation is 1. The van der Waals surface area contributed by atoms with Gasteiger partial charge in [0.1, 0.15) is 0 Å². The van der Waals surface area contributed by atoms with Gasteiger partial charge in [-0.2, -0.15) is 5.10 Å². The molecule has 214 valence electrons. The highest BCUT2D eigenvalue weighted by atomic mass is 32.1. The molecule has 4 heterocycles. The highest BCUT2D eigenvalue weighted by Crippen LogP contribution is 2.43. The van der Waals surface area contributed by atoms with Gasteiger partial charge in [0.15, 0.2) is 10.8 Å². The fourth-order valence-electron chi connectivity index (χ4n) is 6.74. The summed E-state index contributed by atoms with van der Waals surface area (Å²) < 4.78 is 7.97. The number of thiazole rings is 1. The second-order valence-electron chi connectivity index (χ2n) is 12.1. The summed E-state index contributed by atoms with van der Waals surface area (Å²) in [5.41, 5.74) is 10.2. The molecule has 3 aromatic rings. The Balaban J connectivity index is 1.07. The molecule has 0 unspecified atom stereocenters. The molecule has 3 aromatic heterocycles. The summed E-state index contributed by atoms with van der Waals surface area (Å²) >= 11 is 1.41. The van der Waals surface area contributed by atoms with Crippen LogP contribution in [-0.4, -0.2) is 60.8 Å². The van der Waals surface area contributed by atoms with Crippen LogP contribution in [0.3, 0.4) is 0 Å². The Bertz CT molecular complexity index is 1370. The van der Waals surface area contributed by atoms with E-state index in [1.807, 2.05) is 12.4 Å². The van der Waals surface area contributed by atoms with Gasteiger partial charge in [0, 0.05) is 43.3 Å². The van der Waals surface area contributed by atoms with Crippen molar-refractivity contribution in [2.24, 2.45) is 7.05 Å². The SMILES string of the molecule is Cn1nc(C(=O)Nc2nc(COC3CCN(C4CCCCCC4)CC3)cs2)c2c1-c1nc(N)ncc1CC2(C)C. The van der Waals surface area contributed by atoms with Crippen molar-refractivity contribution in [1.82, 2.24) is 29.6 Å². The van der Waals surface area contributed by atoms with Gasteiger partial charge in [0.2, 0.25) is 5.95 Å². The molecule has 0 atom stereocenters. The standard InChI is InChI=1S/C29H40N8O2S/c1-29(2)14-18-15-31-27(30)33-23(18)25-22(29)24(35-36(25)3)26(38)34-28-32-19(17-40-28)16-39-21-10-12-37(13-11-21)20-8-6-4-5-7-9-20/h15,17,20-21H,4-14,16H2,1-3H3,(H2,30,31,33)(H,32,34,38). The largest absolute Gasteiger partial charge is 0.372 e. The quantitative estimate of drug-likeness (QED) is 0.413. The van der Waals surface area contributed by atoms with Crippen LogP contribution in [0.5, 0.6) is 0 Å². The number of ether oxygens (including phenoxy) is 1. The molecule has 1 amide bonds. The van der Waals surface area contributed by atoms with Crippen molar-refractivity contribution in [3.63, 3.8) is 0 Å². The third-order valence-electron chi connectivity index (χ3n) is 8.74. The lowest BCUT2D eigenvalue weighted by molar-refractivity contribution is -0.0134. The van der Waals surface area contributed by atoms with E-state index in [-0.39, 0.29) is 23.4 Å². The van der Waals surface area contributed by atoms with Crippen LogP contribution in [0.2, 0.25) is 0 Å². The molecule has 0 bridgehead atoms. The maximum absolute atomic E-state index is 13.4. The zero-order valence-corrected chi connectivity index (χ0v) is 24.6. The van der Waals surface area contributed by atoms with Crippen LogP contribution in [0.15, 0.2) is 11.6 Å². The Morgan fingerprint density at radius 1 is 1.15 bits per heavy atom. The molecule has 1 saturated carbocycles. The van der Waals surface area contributed by atoms with E-state index in [1.54, 1.807) is 10.9 Å². The van der Waals surface area contributed by atoms with Crippen LogP contribution in [0.1, 0.15) is 92.5 Å². The fourth-order valence-corrected chi connectivity index (χ4v) is 7.43. The number of anilines is 2. The summed E-state index contributed by atoms with van der Waals surface area (Å²) in [6.07, 6.45) is 13.1. The molecule has 11 heteroatoms. The Labute approximate surface area is 239 Å². The van der Waals surface area contributed by atoms with E-state index in [0.717, 1.165) is 60.2 Å². The molecule has 40 heavy (non-hydrogen) atoms. The summed E-state index contributed by atoms with van der Waals surface area (Å²) in [7, 11) is 1.83. The number of nitrogens with one attached hydrogen (secondary N) is 1. The lowest BCUT2D eigenvalue weighted by atomic mass is 9.73. The zero-order valence-electron chi connectivity index (χ0n) is 23.8. The lowest BCUT2D eigenvalue weighted by Crippen LogP contribution is -2.43. The summed E-state index contributed by atoms with van der Waals surface area (Å²) in [6.45, 7) is 6.94. The van der Waals surface area contributed by atoms with Crippen LogP contribution >= 0.6 is 11.3 Å². The van der Waals surface area contributed by atoms with E-state index in [0.29, 0.717) is 23.9 Å². The Kier molecular flexibility index (Phi) is 7.62. The van der Waals surface area contributed by atoms with Crippen molar-refractivity contribution in [2.45, 2.75) is 95.8 Å². The summed E-state index contributed by atoms with van der Waals surface area (Å²) in [5.74, 6) is -0.0672. The average molecular weight is 565 g/mol. The summed E-state index contributed by atoms with van der Waals surface area (Å²) in [6, 6.07) is 0.768. The third kappa shape index (κ3) is 5.51. The summed E-state index contributed by atoms with van der Waals surface area (Å²) in [5, 5.41) is 10.1. The van der Waals surface area contributed by atoms with E-state index in [9.17, 15) is 4.79 Å². The molecule has 0 aromatic carbocycles. The predicted octanol–water partition coefficient (Wildman–Crippen LogP) is 4.71. The van der Waals surface area contributed by atoms with E-state index in [2.05, 4.69) is 44.1 Å². The predicted molar refractivity (Wildman–Crippen MR) is 156 cm³/mol. The number of carbonyl (C=O) groups excluding carboxylic acids is 1. The van der Waals surface area contributed by atoms with E-state index in [4.69, 9.17) is 10.5 Å². The number of likely N-dealkylation sites (tertiary alicyclic amines) is 1. The first-order chi connectivity index (χ1) is 19.3. The van der Waals surface area contributed by atoms with Crippen molar-refractivity contribution >= 4 is 28.3 Å². The van der Waals surface area contributed by atoms with Gasteiger partial charge in [0.05, 0.1) is 29.8 Å². The fraction of sp³-hybridized carbons (Fsp3) is 0.621. The molecular weight excluding hydrogens is 524 g/mol. The van der Waals surface area contributed by atoms with Gasteiger partial charge in [-0.05, 0) is 43.1 Å². The molecule has 3 aliphatic rings. The molecule has 1 saturated heterocycles. The average Bonchev–Trinajstić information content (AvgIpc) is 3.42. The van der Waals surface area contributed by atoms with Gasteiger partial charge in [-0.25, -0.2) is 15.0 Å². The van der Waals surface area contributed by atoms with Crippen LogP contribution in [-0.2, 0) is 30.2 Å². The number of nitrogen functional groups attached to an aromatic ring is 1. The minimum atomic E-state index is -0.323. The topological polar surface area (TPSA) is 124 Å². The Morgan fingerprint density at radius 2 is 1.90 bits per heavy atom. The second-order valence-corrected chi connectivity index (χ2v) is 13.0. The highest BCUT2D eigenvalue weighted by Gasteiger charge is 2.40. The Morgan fingerprint density at radius 3 is 2.65 bits per heavy atom. The first-order valence-corrected chi connectivity index (χ1v) is 15.5. The summed E-state index contributed by atoms with van der Waals surface area (Å²) in [4.78, 5) is 29.4. The third-order valence-corrected chi connectivity index (χ3v) is 9.54. The number of aromatic nitrogens is 5. The number of amides is 1. The number of nitrogens with two attached hydrogens (primary N) is 1. The highest BCUT2D eigenvalue weighted by molar-refractivity contribution is 7.14. The van der Waals surface area contributed by atoms with Crippen molar-refractivity contribution in [1.29, 1.82) is 0 Å². The minimum absolute atomic E-state index is 0.208. The van der Waals surface area contributed by atoms with Crippen LogP contribution in [0, 0.1) is 0 Å². The maximum Gasteiger partial charge on any atom is 0.278 e. The first-order valence-electron chi connectivity index (χ1n) is 14.6. The minimum Gasteiger partial charge on any atom is -0.372 e. The van der Waals surface area contributed by atoms with Crippen LogP contribution in [0.4, 0.5) is 11.1 Å². The van der Waals surface area contributed by atoms with Gasteiger partial charge in [0.25, 0.3) is 5.91 Å². The lowest BCUT2D eigenvalue weighted by Gasteiger charge is -2.37. The molecule has 1 aliphatic heterocycles. The number of rotatable bonds is 6. The monoisotopic (exact) mass is 564 g/mol. The number of piperidine rings is 1. The number of nitrogens with zero attached hydrogens (tertiary/aromatic N) is 6. The van der Waals surface area contributed by atoms with Crippen molar-refractivity contribution in [3.05, 3.63) is 34.1 Å². The van der Waals surface area contributed by atoms with Gasteiger partial charge in [-0.1, -0.05) is 39.5 Å². The van der Waals surface area contributed by atoms with Gasteiger partial charge < -0.3 is 15.4 Å². The Hall–Kier alpha value is -2.89.